The average molecular weight is 404 g/mol. The molecule has 0 radical (unpaired) electrons. The van der Waals surface area contributed by atoms with E-state index >= 15 is 0 Å². The average Bonchev–Trinajstić information content (AvgIpc) is 2.69. The Balaban J connectivity index is 1.66. The van der Waals surface area contributed by atoms with Crippen molar-refractivity contribution in [2.75, 3.05) is 45.2 Å². The summed E-state index contributed by atoms with van der Waals surface area (Å²) in [6.07, 6.45) is 1.36. The van der Waals surface area contributed by atoms with Gasteiger partial charge in [-0.15, -0.1) is 0 Å². The van der Waals surface area contributed by atoms with Gasteiger partial charge in [0.05, 0.1) is 12.2 Å². The molecule has 9 heteroatoms. The van der Waals surface area contributed by atoms with E-state index in [1.54, 1.807) is 43.3 Å². The highest BCUT2D eigenvalue weighted by Gasteiger charge is 2.27. The number of sulfonamides is 1. The summed E-state index contributed by atoms with van der Waals surface area (Å²) in [6.45, 7) is 4.47. The fourth-order valence-corrected chi connectivity index (χ4v) is 4.20. The molecular weight excluding hydrogens is 380 g/mol. The number of carbonyl (C=O) groups is 1. The maximum atomic E-state index is 12.7. The molecule has 3 rings (SSSR count). The lowest BCUT2D eigenvalue weighted by atomic mass is 10.2. The highest BCUT2D eigenvalue weighted by atomic mass is 32.2. The van der Waals surface area contributed by atoms with E-state index in [1.807, 2.05) is 7.05 Å². The first-order valence-corrected chi connectivity index (χ1v) is 10.5. The van der Waals surface area contributed by atoms with E-state index in [1.165, 1.54) is 10.5 Å². The van der Waals surface area contributed by atoms with Crippen molar-refractivity contribution in [3.63, 3.8) is 0 Å². The Morgan fingerprint density at radius 2 is 1.79 bits per heavy atom. The minimum atomic E-state index is -3.53. The van der Waals surface area contributed by atoms with Gasteiger partial charge in [0.25, 0.3) is 0 Å². The van der Waals surface area contributed by atoms with Gasteiger partial charge in [-0.25, -0.2) is 18.2 Å². The second-order valence-corrected chi connectivity index (χ2v) is 8.45. The van der Waals surface area contributed by atoms with Crippen molar-refractivity contribution >= 4 is 27.5 Å². The van der Waals surface area contributed by atoms with Crippen molar-refractivity contribution in [1.82, 2.24) is 14.2 Å². The molecule has 1 aliphatic rings. The summed E-state index contributed by atoms with van der Waals surface area (Å²) in [6, 6.07) is 9.98. The van der Waals surface area contributed by atoms with Crippen molar-refractivity contribution < 1.29 is 17.9 Å². The standard InChI is InChI=1S/C19H24N4O4S/c1-3-27-19(24)15-4-6-16(7-5-15)21-18-9-8-17(14-20-18)28(25,26)23-12-10-22(2)11-13-23/h4-9,14H,3,10-13H2,1-2H3,(H,20,21). The van der Waals surface area contributed by atoms with Crippen LogP contribution in [-0.2, 0) is 14.8 Å². The van der Waals surface area contributed by atoms with E-state index in [4.69, 9.17) is 4.74 Å². The van der Waals surface area contributed by atoms with Gasteiger partial charge >= 0.3 is 5.97 Å². The zero-order valence-corrected chi connectivity index (χ0v) is 16.8. The lowest BCUT2D eigenvalue weighted by Crippen LogP contribution is -2.47. The van der Waals surface area contributed by atoms with Crippen LogP contribution in [0.25, 0.3) is 0 Å². The van der Waals surface area contributed by atoms with Crippen LogP contribution in [0.5, 0.6) is 0 Å². The van der Waals surface area contributed by atoms with E-state index < -0.39 is 10.0 Å². The van der Waals surface area contributed by atoms with Gasteiger partial charge in [0.15, 0.2) is 0 Å². The van der Waals surface area contributed by atoms with Gasteiger partial charge in [0.1, 0.15) is 10.7 Å². The second kappa shape index (κ2) is 8.68. The molecule has 1 aromatic carbocycles. The van der Waals surface area contributed by atoms with Gasteiger partial charge in [-0.2, -0.15) is 4.31 Å². The number of anilines is 2. The Kier molecular flexibility index (Phi) is 6.28. The number of carbonyl (C=O) groups excluding carboxylic acids is 1. The van der Waals surface area contributed by atoms with Crippen LogP contribution in [-0.4, -0.2) is 68.4 Å². The first-order chi connectivity index (χ1) is 13.4. The molecule has 0 saturated carbocycles. The van der Waals surface area contributed by atoms with Gasteiger partial charge < -0.3 is 15.0 Å². The highest BCUT2D eigenvalue weighted by Crippen LogP contribution is 2.20. The molecule has 1 N–H and O–H groups in total. The number of likely N-dealkylation sites (N-methyl/N-ethyl adjacent to an activating group) is 1. The number of pyridine rings is 1. The Morgan fingerprint density at radius 1 is 1.11 bits per heavy atom. The molecular formula is C19H24N4O4S. The van der Waals surface area contributed by atoms with Crippen LogP contribution in [0, 0.1) is 0 Å². The fourth-order valence-electron chi connectivity index (χ4n) is 2.84. The minimum absolute atomic E-state index is 0.181. The Hall–Kier alpha value is -2.49. The molecule has 0 spiro atoms. The predicted molar refractivity (Wildman–Crippen MR) is 106 cm³/mol. The van der Waals surface area contributed by atoms with E-state index in [2.05, 4.69) is 15.2 Å². The lowest BCUT2D eigenvalue weighted by molar-refractivity contribution is 0.0526. The zero-order valence-electron chi connectivity index (χ0n) is 16.0. The largest absolute Gasteiger partial charge is 0.462 e. The van der Waals surface area contributed by atoms with Crippen LogP contribution in [0.1, 0.15) is 17.3 Å². The molecule has 1 saturated heterocycles. The summed E-state index contributed by atoms with van der Waals surface area (Å²) >= 11 is 0. The summed E-state index contributed by atoms with van der Waals surface area (Å²) in [4.78, 5) is 18.2. The van der Waals surface area contributed by atoms with Crippen molar-refractivity contribution in [3.8, 4) is 0 Å². The summed E-state index contributed by atoms with van der Waals surface area (Å²) in [5, 5.41) is 3.09. The van der Waals surface area contributed by atoms with Crippen LogP contribution in [0.4, 0.5) is 11.5 Å². The molecule has 0 unspecified atom stereocenters. The van der Waals surface area contributed by atoms with Crippen molar-refractivity contribution in [2.45, 2.75) is 11.8 Å². The first-order valence-electron chi connectivity index (χ1n) is 9.09. The number of benzene rings is 1. The molecule has 0 amide bonds. The predicted octanol–water partition coefficient (Wildman–Crippen LogP) is 1.94. The van der Waals surface area contributed by atoms with Crippen LogP contribution in [0.2, 0.25) is 0 Å². The first kappa shape index (κ1) is 20.2. The summed E-state index contributed by atoms with van der Waals surface area (Å²) < 4.78 is 31.9. The molecule has 28 heavy (non-hydrogen) atoms. The minimum Gasteiger partial charge on any atom is -0.462 e. The number of aromatic nitrogens is 1. The quantitative estimate of drug-likeness (QED) is 0.736. The van der Waals surface area contributed by atoms with Gasteiger partial charge in [0, 0.05) is 38.1 Å². The number of esters is 1. The summed E-state index contributed by atoms with van der Waals surface area (Å²) in [5.74, 6) is 0.145. The molecule has 8 nitrogen and oxygen atoms in total. The normalized spacial score (nSPS) is 15.9. The number of rotatable bonds is 6. The number of ether oxygens (including phenoxy) is 1. The maximum Gasteiger partial charge on any atom is 0.338 e. The van der Waals surface area contributed by atoms with Gasteiger partial charge in [-0.05, 0) is 50.4 Å². The lowest BCUT2D eigenvalue weighted by Gasteiger charge is -2.31. The molecule has 0 atom stereocenters. The van der Waals surface area contributed by atoms with Crippen LogP contribution >= 0.6 is 0 Å². The summed E-state index contributed by atoms with van der Waals surface area (Å²) in [5.41, 5.74) is 1.20. The van der Waals surface area contributed by atoms with Crippen molar-refractivity contribution in [2.24, 2.45) is 0 Å². The third-order valence-corrected chi connectivity index (χ3v) is 6.39. The van der Waals surface area contributed by atoms with Crippen molar-refractivity contribution in [1.29, 1.82) is 0 Å². The second-order valence-electron chi connectivity index (χ2n) is 6.51. The van der Waals surface area contributed by atoms with E-state index in [9.17, 15) is 13.2 Å². The summed E-state index contributed by atoms with van der Waals surface area (Å²) in [7, 11) is -1.55. The van der Waals surface area contributed by atoms with Crippen LogP contribution < -0.4 is 5.32 Å². The zero-order chi connectivity index (χ0) is 20.1. The monoisotopic (exact) mass is 404 g/mol. The molecule has 1 aliphatic heterocycles. The Morgan fingerprint density at radius 3 is 2.36 bits per heavy atom. The topological polar surface area (TPSA) is 91.8 Å². The third kappa shape index (κ3) is 4.67. The van der Waals surface area contributed by atoms with Crippen molar-refractivity contribution in [3.05, 3.63) is 48.2 Å². The van der Waals surface area contributed by atoms with Crippen LogP contribution in [0.3, 0.4) is 0 Å². The molecule has 1 fully saturated rings. The number of piperazine rings is 1. The number of nitrogens with zero attached hydrogens (tertiary/aromatic N) is 3. The maximum absolute atomic E-state index is 12.7. The molecule has 150 valence electrons. The van der Waals surface area contributed by atoms with E-state index in [0.29, 0.717) is 44.2 Å². The van der Waals surface area contributed by atoms with Crippen LogP contribution in [0.15, 0.2) is 47.5 Å². The van der Waals surface area contributed by atoms with Gasteiger partial charge in [0.2, 0.25) is 10.0 Å². The SMILES string of the molecule is CCOC(=O)c1ccc(Nc2ccc(S(=O)(=O)N3CCN(C)CC3)cn2)cc1. The molecule has 0 aliphatic carbocycles. The molecule has 2 heterocycles. The van der Waals surface area contributed by atoms with Gasteiger partial charge in [-0.1, -0.05) is 0 Å². The fraction of sp³-hybridized carbons (Fsp3) is 0.368. The molecule has 0 bridgehead atoms. The number of hydrogen-bond donors (Lipinski definition) is 1. The highest BCUT2D eigenvalue weighted by molar-refractivity contribution is 7.89. The third-order valence-electron chi connectivity index (χ3n) is 4.50. The number of hydrogen-bond acceptors (Lipinski definition) is 7. The van der Waals surface area contributed by atoms with E-state index in [-0.39, 0.29) is 10.9 Å². The molecule has 1 aromatic heterocycles. The van der Waals surface area contributed by atoms with E-state index in [0.717, 1.165) is 5.69 Å². The Bertz CT molecular complexity index is 906. The van der Waals surface area contributed by atoms with Gasteiger partial charge in [-0.3, -0.25) is 0 Å². The smallest absolute Gasteiger partial charge is 0.338 e. The Labute approximate surface area is 165 Å². The number of nitrogens with one attached hydrogen (secondary N) is 1. The molecule has 2 aromatic rings.